The molecule has 0 amide bonds. The molecule has 3 nitrogen and oxygen atoms in total. The van der Waals surface area contributed by atoms with E-state index in [4.69, 9.17) is 12.2 Å². The van der Waals surface area contributed by atoms with Crippen molar-refractivity contribution in [2.45, 2.75) is 31.8 Å². The van der Waals surface area contributed by atoms with Crippen LogP contribution in [0.5, 0.6) is 0 Å². The molecule has 1 aromatic rings. The summed E-state index contributed by atoms with van der Waals surface area (Å²) in [5.41, 5.74) is 2.50. The minimum Gasteiger partial charge on any atom is -0.343 e. The van der Waals surface area contributed by atoms with Crippen molar-refractivity contribution in [1.29, 1.82) is 0 Å². The molecule has 3 rings (SSSR count). The minimum atomic E-state index is 0.587. The van der Waals surface area contributed by atoms with Crippen LogP contribution in [0.25, 0.3) is 0 Å². The molecule has 0 aromatic heterocycles. The first-order chi connectivity index (χ1) is 8.83. The summed E-state index contributed by atoms with van der Waals surface area (Å²) in [6, 6.07) is 8.99. The third-order valence-corrected chi connectivity index (χ3v) is 4.12. The van der Waals surface area contributed by atoms with Crippen molar-refractivity contribution in [1.82, 2.24) is 10.2 Å². The van der Waals surface area contributed by atoms with Gasteiger partial charge in [0.1, 0.15) is 0 Å². The van der Waals surface area contributed by atoms with E-state index in [1.54, 1.807) is 0 Å². The number of rotatable bonds is 2. The third-order valence-electron chi connectivity index (χ3n) is 3.76. The lowest BCUT2D eigenvalue weighted by atomic mass is 10.0. The second kappa shape index (κ2) is 5.24. The fraction of sp³-hybridized carbons (Fsp3) is 0.500. The van der Waals surface area contributed by atoms with Crippen molar-refractivity contribution in [2.75, 3.05) is 18.4 Å². The summed E-state index contributed by atoms with van der Waals surface area (Å²) in [6.07, 6.45) is 3.91. The van der Waals surface area contributed by atoms with Crippen LogP contribution >= 0.6 is 12.2 Å². The largest absolute Gasteiger partial charge is 0.343 e. The van der Waals surface area contributed by atoms with Gasteiger partial charge in [0, 0.05) is 24.8 Å². The number of nitrogens with one attached hydrogen (secondary N) is 2. The van der Waals surface area contributed by atoms with Crippen molar-refractivity contribution in [3.8, 4) is 0 Å². The molecule has 0 radical (unpaired) electrons. The summed E-state index contributed by atoms with van der Waals surface area (Å²) in [7, 11) is 0. The number of para-hydroxylation sites is 1. The standard InChI is InChI=1S/C14H19N3S/c18-14-16-13-7-2-1-5-11(13)9-17(14)10-12-6-3-4-8-15-12/h1-2,5,7,12,15H,3-4,6,8-10H2,(H,16,18). The maximum absolute atomic E-state index is 5.46. The van der Waals surface area contributed by atoms with E-state index in [0.717, 1.165) is 30.4 Å². The third kappa shape index (κ3) is 2.49. The lowest BCUT2D eigenvalue weighted by molar-refractivity contribution is 0.304. The number of anilines is 1. The zero-order valence-corrected chi connectivity index (χ0v) is 11.3. The highest BCUT2D eigenvalue weighted by Gasteiger charge is 2.22. The predicted octanol–water partition coefficient (Wildman–Crippen LogP) is 2.34. The summed E-state index contributed by atoms with van der Waals surface area (Å²) in [5.74, 6) is 0. The van der Waals surface area contributed by atoms with E-state index in [1.165, 1.54) is 24.8 Å². The summed E-state index contributed by atoms with van der Waals surface area (Å²) in [5, 5.41) is 7.77. The molecule has 96 valence electrons. The average molecular weight is 261 g/mol. The second-order valence-electron chi connectivity index (χ2n) is 5.11. The van der Waals surface area contributed by atoms with E-state index in [2.05, 4.69) is 33.7 Å². The van der Waals surface area contributed by atoms with Crippen LogP contribution in [0, 0.1) is 0 Å². The van der Waals surface area contributed by atoms with Crippen LogP contribution in [-0.2, 0) is 6.54 Å². The Morgan fingerprint density at radius 3 is 3.00 bits per heavy atom. The lowest BCUT2D eigenvalue weighted by Crippen LogP contribution is -2.48. The molecular weight excluding hydrogens is 242 g/mol. The van der Waals surface area contributed by atoms with Gasteiger partial charge in [-0.15, -0.1) is 0 Å². The number of thiocarbonyl (C=S) groups is 1. The fourth-order valence-corrected chi connectivity index (χ4v) is 2.99. The van der Waals surface area contributed by atoms with Crippen LogP contribution in [0.1, 0.15) is 24.8 Å². The average Bonchev–Trinajstić information content (AvgIpc) is 2.41. The Morgan fingerprint density at radius 1 is 1.28 bits per heavy atom. The lowest BCUT2D eigenvalue weighted by Gasteiger charge is -2.36. The molecular formula is C14H19N3S. The Labute approximate surface area is 114 Å². The Kier molecular flexibility index (Phi) is 3.48. The van der Waals surface area contributed by atoms with Crippen molar-refractivity contribution < 1.29 is 0 Å². The quantitative estimate of drug-likeness (QED) is 0.799. The van der Waals surface area contributed by atoms with Crippen LogP contribution in [0.15, 0.2) is 24.3 Å². The highest BCUT2D eigenvalue weighted by molar-refractivity contribution is 7.80. The second-order valence-corrected chi connectivity index (χ2v) is 5.50. The van der Waals surface area contributed by atoms with Gasteiger partial charge < -0.3 is 15.5 Å². The molecule has 1 fully saturated rings. The number of piperidine rings is 1. The van der Waals surface area contributed by atoms with E-state index in [9.17, 15) is 0 Å². The number of fused-ring (bicyclic) bond motifs is 1. The van der Waals surface area contributed by atoms with Gasteiger partial charge in [-0.25, -0.2) is 0 Å². The van der Waals surface area contributed by atoms with Gasteiger partial charge in [-0.1, -0.05) is 24.6 Å². The number of benzene rings is 1. The van der Waals surface area contributed by atoms with Crippen LogP contribution in [0.4, 0.5) is 5.69 Å². The molecule has 2 heterocycles. The molecule has 1 unspecified atom stereocenters. The molecule has 1 atom stereocenters. The van der Waals surface area contributed by atoms with Gasteiger partial charge in [-0.05, 0) is 43.2 Å². The summed E-state index contributed by atoms with van der Waals surface area (Å²) < 4.78 is 0. The van der Waals surface area contributed by atoms with Gasteiger partial charge in [-0.3, -0.25) is 0 Å². The predicted molar refractivity (Wildman–Crippen MR) is 78.7 cm³/mol. The molecule has 2 aliphatic heterocycles. The van der Waals surface area contributed by atoms with Crippen LogP contribution in [0.3, 0.4) is 0 Å². The maximum Gasteiger partial charge on any atom is 0.173 e. The Morgan fingerprint density at radius 2 is 2.17 bits per heavy atom. The Hall–Kier alpha value is -1.13. The Bertz CT molecular complexity index is 440. The first kappa shape index (κ1) is 11.9. The van der Waals surface area contributed by atoms with Gasteiger partial charge in [0.15, 0.2) is 5.11 Å². The fourth-order valence-electron chi connectivity index (χ4n) is 2.75. The first-order valence-corrected chi connectivity index (χ1v) is 7.11. The topological polar surface area (TPSA) is 27.3 Å². The molecule has 1 aromatic carbocycles. The molecule has 4 heteroatoms. The van der Waals surface area contributed by atoms with E-state index < -0.39 is 0 Å². The maximum atomic E-state index is 5.46. The normalized spacial score (nSPS) is 23.4. The van der Waals surface area contributed by atoms with Crippen LogP contribution in [-0.4, -0.2) is 29.1 Å². The molecule has 18 heavy (non-hydrogen) atoms. The van der Waals surface area contributed by atoms with Gasteiger partial charge in [0.2, 0.25) is 0 Å². The van der Waals surface area contributed by atoms with Crippen molar-refractivity contribution in [3.05, 3.63) is 29.8 Å². The van der Waals surface area contributed by atoms with E-state index in [0.29, 0.717) is 6.04 Å². The van der Waals surface area contributed by atoms with Crippen LogP contribution < -0.4 is 10.6 Å². The zero-order chi connectivity index (χ0) is 12.4. The van der Waals surface area contributed by atoms with Gasteiger partial charge in [0.05, 0.1) is 0 Å². The molecule has 0 bridgehead atoms. The van der Waals surface area contributed by atoms with E-state index in [-0.39, 0.29) is 0 Å². The minimum absolute atomic E-state index is 0.587. The SMILES string of the molecule is S=C1Nc2ccccc2CN1CC1CCCCN1. The highest BCUT2D eigenvalue weighted by atomic mass is 32.1. The number of nitrogens with zero attached hydrogens (tertiary/aromatic N) is 1. The molecule has 0 aliphatic carbocycles. The monoisotopic (exact) mass is 261 g/mol. The smallest absolute Gasteiger partial charge is 0.173 e. The van der Waals surface area contributed by atoms with Crippen molar-refractivity contribution in [2.24, 2.45) is 0 Å². The summed E-state index contributed by atoms with van der Waals surface area (Å²) in [6.45, 7) is 3.09. The van der Waals surface area contributed by atoms with Gasteiger partial charge in [-0.2, -0.15) is 0 Å². The summed E-state index contributed by atoms with van der Waals surface area (Å²) >= 11 is 5.46. The zero-order valence-electron chi connectivity index (χ0n) is 10.5. The first-order valence-electron chi connectivity index (χ1n) is 6.70. The molecule has 1 saturated heterocycles. The van der Waals surface area contributed by atoms with Gasteiger partial charge >= 0.3 is 0 Å². The molecule has 0 saturated carbocycles. The van der Waals surface area contributed by atoms with E-state index >= 15 is 0 Å². The molecule has 0 spiro atoms. The van der Waals surface area contributed by atoms with Crippen LogP contribution in [0.2, 0.25) is 0 Å². The number of hydrogen-bond donors (Lipinski definition) is 2. The molecule has 2 aliphatic rings. The number of hydrogen-bond acceptors (Lipinski definition) is 2. The van der Waals surface area contributed by atoms with E-state index in [1.807, 2.05) is 6.07 Å². The summed E-state index contributed by atoms with van der Waals surface area (Å²) in [4.78, 5) is 2.28. The van der Waals surface area contributed by atoms with Gasteiger partial charge in [0.25, 0.3) is 0 Å². The van der Waals surface area contributed by atoms with Crippen molar-refractivity contribution >= 4 is 23.0 Å². The highest BCUT2D eigenvalue weighted by Crippen LogP contribution is 2.23. The van der Waals surface area contributed by atoms with Crippen molar-refractivity contribution in [3.63, 3.8) is 0 Å². The molecule has 2 N–H and O–H groups in total. The Balaban J connectivity index is 1.68.